The first kappa shape index (κ1) is 21.1. The van der Waals surface area contributed by atoms with Crippen LogP contribution in [-0.2, 0) is 0 Å². The zero-order chi connectivity index (χ0) is 24.6. The van der Waals surface area contributed by atoms with E-state index < -0.39 is 0 Å². The summed E-state index contributed by atoms with van der Waals surface area (Å²) in [5.74, 6) is 1.94. The van der Waals surface area contributed by atoms with Gasteiger partial charge < -0.3 is 0 Å². The summed E-state index contributed by atoms with van der Waals surface area (Å²) in [7, 11) is 0. The van der Waals surface area contributed by atoms with E-state index in [1.54, 1.807) is 0 Å². The molecule has 0 radical (unpaired) electrons. The smallest absolute Gasteiger partial charge is 0.164 e. The quantitative estimate of drug-likeness (QED) is 0.267. The van der Waals surface area contributed by atoms with Gasteiger partial charge in [0.15, 0.2) is 17.5 Å². The van der Waals surface area contributed by atoms with Crippen LogP contribution in [0.5, 0.6) is 0 Å². The Hall–Kier alpha value is -5.16. The maximum Gasteiger partial charge on any atom is 0.164 e. The van der Waals surface area contributed by atoms with Gasteiger partial charge in [0, 0.05) is 39.3 Å². The Bertz CT molecular complexity index is 1800. The molecule has 7 aromatic rings. The van der Waals surface area contributed by atoms with E-state index in [0.717, 1.165) is 44.3 Å². The van der Waals surface area contributed by atoms with Crippen LogP contribution in [0.2, 0.25) is 0 Å². The van der Waals surface area contributed by atoms with Crippen molar-refractivity contribution in [3.8, 4) is 39.9 Å². The molecule has 3 aromatic heterocycles. The molecule has 0 amide bonds. The highest BCUT2D eigenvalue weighted by Gasteiger charge is 2.16. The minimum Gasteiger partial charge on any atom is -0.294 e. The number of rotatable bonds is 4. The number of para-hydroxylation sites is 1. The van der Waals surface area contributed by atoms with Crippen LogP contribution < -0.4 is 0 Å². The lowest BCUT2D eigenvalue weighted by molar-refractivity contribution is 1.07. The second-order valence-corrected chi connectivity index (χ2v) is 8.82. The number of hydrogen-bond acceptors (Lipinski definition) is 4. The Balaban J connectivity index is 1.46. The Morgan fingerprint density at radius 1 is 0.459 bits per heavy atom. The van der Waals surface area contributed by atoms with Crippen LogP contribution in [0.25, 0.3) is 61.8 Å². The monoisotopic (exact) mass is 475 g/mol. The molecule has 7 rings (SSSR count). The summed E-state index contributed by atoms with van der Waals surface area (Å²) in [5.41, 5.74) is 5.92. The predicted molar refractivity (Wildman–Crippen MR) is 148 cm³/mol. The summed E-state index contributed by atoms with van der Waals surface area (Å²) in [4.78, 5) is 19.4. The number of pyridine rings is 1. The van der Waals surface area contributed by atoms with Gasteiger partial charge in [0.1, 0.15) is 5.65 Å². The van der Waals surface area contributed by atoms with E-state index >= 15 is 0 Å². The van der Waals surface area contributed by atoms with Crippen molar-refractivity contribution in [3.05, 3.63) is 128 Å². The maximum atomic E-state index is 4.91. The Kier molecular flexibility index (Phi) is 5.03. The lowest BCUT2D eigenvalue weighted by atomic mass is 10.1. The predicted octanol–water partition coefficient (Wildman–Crippen LogP) is 7.36. The molecule has 0 aliphatic rings. The normalized spacial score (nSPS) is 11.2. The molecule has 174 valence electrons. The fourth-order valence-corrected chi connectivity index (χ4v) is 4.76. The minimum atomic E-state index is 0.638. The molecule has 0 unspecified atom stereocenters. The number of fused-ring (bicyclic) bond motifs is 3. The van der Waals surface area contributed by atoms with Gasteiger partial charge in [0.05, 0.1) is 5.52 Å². The van der Waals surface area contributed by atoms with Crippen LogP contribution in [0.15, 0.2) is 128 Å². The van der Waals surface area contributed by atoms with Crippen molar-refractivity contribution in [2.24, 2.45) is 0 Å². The van der Waals surface area contributed by atoms with E-state index in [-0.39, 0.29) is 0 Å². The van der Waals surface area contributed by atoms with Gasteiger partial charge in [-0.2, -0.15) is 0 Å². The van der Waals surface area contributed by atoms with E-state index in [2.05, 4.69) is 41.0 Å². The molecule has 0 aliphatic heterocycles. The molecule has 0 bridgehead atoms. The highest BCUT2D eigenvalue weighted by Crippen LogP contribution is 2.34. The highest BCUT2D eigenvalue weighted by molar-refractivity contribution is 6.09. The highest BCUT2D eigenvalue weighted by atomic mass is 15.1. The largest absolute Gasteiger partial charge is 0.294 e. The summed E-state index contributed by atoms with van der Waals surface area (Å²) in [6.45, 7) is 0. The Labute approximate surface area is 213 Å². The maximum absolute atomic E-state index is 4.91. The number of benzene rings is 4. The molecule has 5 nitrogen and oxygen atoms in total. The molecule has 4 aromatic carbocycles. The standard InChI is InChI=1S/C32H21N5/c1-4-11-22(12-5-1)29-34-30(23-13-6-2-7-14-23)36-31(35-29)24-18-19-28-27(21-24)26-17-10-20-33-32(26)37(28)25-15-8-3-9-16-25/h1-21H. The van der Waals surface area contributed by atoms with Crippen LogP contribution in [0.3, 0.4) is 0 Å². The van der Waals surface area contributed by atoms with Gasteiger partial charge in [-0.1, -0.05) is 78.9 Å². The van der Waals surface area contributed by atoms with Gasteiger partial charge in [0.2, 0.25) is 0 Å². The number of aromatic nitrogens is 5. The summed E-state index contributed by atoms with van der Waals surface area (Å²) < 4.78 is 2.20. The third-order valence-corrected chi connectivity index (χ3v) is 6.50. The molecule has 0 saturated heterocycles. The van der Waals surface area contributed by atoms with E-state index in [1.807, 2.05) is 91.1 Å². The van der Waals surface area contributed by atoms with Crippen molar-refractivity contribution in [3.63, 3.8) is 0 Å². The van der Waals surface area contributed by atoms with Crippen molar-refractivity contribution in [1.82, 2.24) is 24.5 Å². The third-order valence-electron chi connectivity index (χ3n) is 6.50. The molecule has 0 N–H and O–H groups in total. The summed E-state index contributed by atoms with van der Waals surface area (Å²) in [5, 5.41) is 2.19. The molecule has 0 atom stereocenters. The summed E-state index contributed by atoms with van der Waals surface area (Å²) in [6.07, 6.45) is 1.84. The SMILES string of the molecule is c1ccc(-c2nc(-c3ccccc3)nc(-c3ccc4c(c3)c3cccnc3n4-c3ccccc3)n2)cc1. The Morgan fingerprint density at radius 2 is 1.03 bits per heavy atom. The van der Waals surface area contributed by atoms with Gasteiger partial charge in [-0.25, -0.2) is 19.9 Å². The fraction of sp³-hybridized carbons (Fsp3) is 0. The molecular weight excluding hydrogens is 454 g/mol. The zero-order valence-corrected chi connectivity index (χ0v) is 19.9. The van der Waals surface area contributed by atoms with Gasteiger partial charge >= 0.3 is 0 Å². The third kappa shape index (κ3) is 3.74. The molecule has 5 heteroatoms. The average molecular weight is 476 g/mol. The molecule has 0 saturated carbocycles. The van der Waals surface area contributed by atoms with Gasteiger partial charge in [-0.15, -0.1) is 0 Å². The molecule has 0 fully saturated rings. The van der Waals surface area contributed by atoms with Crippen LogP contribution in [0, 0.1) is 0 Å². The molecule has 3 heterocycles. The van der Waals surface area contributed by atoms with Crippen molar-refractivity contribution in [2.45, 2.75) is 0 Å². The van der Waals surface area contributed by atoms with Crippen LogP contribution in [0.4, 0.5) is 0 Å². The van der Waals surface area contributed by atoms with E-state index in [9.17, 15) is 0 Å². The van der Waals surface area contributed by atoms with Crippen molar-refractivity contribution in [2.75, 3.05) is 0 Å². The zero-order valence-electron chi connectivity index (χ0n) is 19.9. The molecule has 37 heavy (non-hydrogen) atoms. The van der Waals surface area contributed by atoms with Gasteiger partial charge in [-0.05, 0) is 42.5 Å². The van der Waals surface area contributed by atoms with Crippen LogP contribution >= 0.6 is 0 Å². The first-order valence-electron chi connectivity index (χ1n) is 12.2. The number of nitrogens with zero attached hydrogens (tertiary/aromatic N) is 5. The fourth-order valence-electron chi connectivity index (χ4n) is 4.76. The molecule has 0 aliphatic carbocycles. The number of hydrogen-bond donors (Lipinski definition) is 0. The minimum absolute atomic E-state index is 0.638. The first-order chi connectivity index (χ1) is 18.3. The summed E-state index contributed by atoms with van der Waals surface area (Å²) >= 11 is 0. The molecule has 0 spiro atoms. The van der Waals surface area contributed by atoms with E-state index in [0.29, 0.717) is 17.5 Å². The second-order valence-electron chi connectivity index (χ2n) is 8.82. The first-order valence-corrected chi connectivity index (χ1v) is 12.2. The van der Waals surface area contributed by atoms with Crippen molar-refractivity contribution in [1.29, 1.82) is 0 Å². The molecular formula is C32H21N5. The summed E-state index contributed by atoms with van der Waals surface area (Å²) in [6, 6.07) is 40.9. The van der Waals surface area contributed by atoms with Crippen LogP contribution in [-0.4, -0.2) is 24.5 Å². The van der Waals surface area contributed by atoms with E-state index in [4.69, 9.17) is 19.9 Å². The van der Waals surface area contributed by atoms with Crippen LogP contribution in [0.1, 0.15) is 0 Å². The second kappa shape index (κ2) is 8.81. The van der Waals surface area contributed by atoms with Gasteiger partial charge in [-0.3, -0.25) is 4.57 Å². The van der Waals surface area contributed by atoms with Crippen molar-refractivity contribution >= 4 is 21.9 Å². The van der Waals surface area contributed by atoms with E-state index in [1.165, 1.54) is 0 Å². The van der Waals surface area contributed by atoms with Gasteiger partial charge in [0.25, 0.3) is 0 Å². The average Bonchev–Trinajstić information content (AvgIpc) is 3.32. The lowest BCUT2D eigenvalue weighted by Crippen LogP contribution is -2.00. The van der Waals surface area contributed by atoms with Crippen molar-refractivity contribution < 1.29 is 0 Å². The lowest BCUT2D eigenvalue weighted by Gasteiger charge is -2.09. The topological polar surface area (TPSA) is 56.5 Å². The Morgan fingerprint density at radius 3 is 1.65 bits per heavy atom.